The molecular formula is C22H43NO. The van der Waals surface area contributed by atoms with Crippen molar-refractivity contribution in [3.05, 3.63) is 0 Å². The van der Waals surface area contributed by atoms with Gasteiger partial charge in [0.2, 0.25) is 0 Å². The van der Waals surface area contributed by atoms with Crippen LogP contribution in [0.2, 0.25) is 0 Å². The highest BCUT2D eigenvalue weighted by Gasteiger charge is 2.42. The fourth-order valence-electron chi connectivity index (χ4n) is 5.17. The van der Waals surface area contributed by atoms with Crippen molar-refractivity contribution in [2.24, 2.45) is 0 Å². The molecule has 0 unspecified atom stereocenters. The Kier molecular flexibility index (Phi) is 9.71. The van der Waals surface area contributed by atoms with Crippen molar-refractivity contribution in [2.45, 2.75) is 141 Å². The third kappa shape index (κ3) is 6.02. The summed E-state index contributed by atoms with van der Waals surface area (Å²) < 4.78 is 0. The number of aliphatic hydroxyl groups excluding tert-OH is 1. The molecule has 0 aliphatic carbocycles. The van der Waals surface area contributed by atoms with E-state index >= 15 is 0 Å². The zero-order valence-electron chi connectivity index (χ0n) is 16.5. The second-order valence-electron chi connectivity index (χ2n) is 8.45. The Hall–Kier alpha value is -0.0800. The van der Waals surface area contributed by atoms with Crippen LogP contribution >= 0.6 is 0 Å². The molecule has 0 aromatic carbocycles. The van der Waals surface area contributed by atoms with Crippen LogP contribution in [0.5, 0.6) is 0 Å². The molecule has 2 heterocycles. The minimum absolute atomic E-state index is 0.0763. The molecule has 24 heavy (non-hydrogen) atoms. The second-order valence-corrected chi connectivity index (χ2v) is 8.45. The average molecular weight is 338 g/mol. The molecule has 0 bridgehead atoms. The van der Waals surface area contributed by atoms with Gasteiger partial charge in [-0.3, -0.25) is 4.90 Å². The lowest BCUT2D eigenvalue weighted by atomic mass is 9.91. The number of hydrogen-bond donors (Lipinski definition) is 1. The molecule has 2 saturated heterocycles. The molecule has 0 aromatic rings. The molecule has 142 valence electrons. The Balaban J connectivity index is 1.79. The summed E-state index contributed by atoms with van der Waals surface area (Å²) in [6.45, 7) is 4.55. The maximum absolute atomic E-state index is 10.8. The Morgan fingerprint density at radius 3 is 2.29 bits per heavy atom. The lowest BCUT2D eigenvalue weighted by Crippen LogP contribution is -2.51. The van der Waals surface area contributed by atoms with Gasteiger partial charge >= 0.3 is 0 Å². The molecule has 2 rings (SSSR count). The fourth-order valence-corrected chi connectivity index (χ4v) is 5.17. The van der Waals surface area contributed by atoms with E-state index in [1.165, 1.54) is 96.3 Å². The zero-order chi connectivity index (χ0) is 17.2. The van der Waals surface area contributed by atoms with Crippen molar-refractivity contribution in [3.8, 4) is 0 Å². The molecule has 4 atom stereocenters. The SMILES string of the molecule is CCCCCCC[C@H]1CCC[C@H]2CC[C@@H]([C@H](O)CCCCCC)N12. The van der Waals surface area contributed by atoms with Crippen LogP contribution in [0.1, 0.15) is 117 Å². The first kappa shape index (κ1) is 20.2. The number of aliphatic hydroxyl groups is 1. The minimum atomic E-state index is -0.0763. The van der Waals surface area contributed by atoms with Crippen molar-refractivity contribution >= 4 is 0 Å². The number of rotatable bonds is 12. The van der Waals surface area contributed by atoms with Gasteiger partial charge in [-0.25, -0.2) is 0 Å². The summed E-state index contributed by atoms with van der Waals surface area (Å²) in [6.07, 6.45) is 21.2. The first-order valence-corrected chi connectivity index (χ1v) is 11.2. The summed E-state index contributed by atoms with van der Waals surface area (Å²) in [5, 5.41) is 10.8. The summed E-state index contributed by atoms with van der Waals surface area (Å²) in [4.78, 5) is 2.80. The maximum atomic E-state index is 10.8. The Labute approximate surface area is 151 Å². The van der Waals surface area contributed by atoms with E-state index in [1.807, 2.05) is 0 Å². The van der Waals surface area contributed by atoms with Gasteiger partial charge in [0.05, 0.1) is 6.10 Å². The van der Waals surface area contributed by atoms with Gasteiger partial charge in [0, 0.05) is 18.1 Å². The van der Waals surface area contributed by atoms with Crippen LogP contribution < -0.4 is 0 Å². The van der Waals surface area contributed by atoms with Crippen LogP contribution in [0.3, 0.4) is 0 Å². The van der Waals surface area contributed by atoms with E-state index in [0.717, 1.165) is 18.5 Å². The molecule has 0 amide bonds. The molecule has 1 N–H and O–H groups in total. The maximum Gasteiger partial charge on any atom is 0.0695 e. The van der Waals surface area contributed by atoms with Gasteiger partial charge in [-0.15, -0.1) is 0 Å². The molecule has 0 saturated carbocycles. The van der Waals surface area contributed by atoms with Crippen LogP contribution in [0, 0.1) is 0 Å². The van der Waals surface area contributed by atoms with Crippen LogP contribution in [0.25, 0.3) is 0 Å². The summed E-state index contributed by atoms with van der Waals surface area (Å²) in [6, 6.07) is 2.02. The van der Waals surface area contributed by atoms with E-state index in [0.29, 0.717) is 6.04 Å². The number of unbranched alkanes of at least 4 members (excludes halogenated alkanes) is 7. The van der Waals surface area contributed by atoms with Gasteiger partial charge in [0.1, 0.15) is 0 Å². The van der Waals surface area contributed by atoms with E-state index in [4.69, 9.17) is 0 Å². The molecular weight excluding hydrogens is 294 g/mol. The van der Waals surface area contributed by atoms with Gasteiger partial charge < -0.3 is 5.11 Å². The van der Waals surface area contributed by atoms with E-state index in [9.17, 15) is 5.11 Å². The molecule has 2 heteroatoms. The van der Waals surface area contributed by atoms with Gasteiger partial charge in [0.15, 0.2) is 0 Å². The fraction of sp³-hybridized carbons (Fsp3) is 1.00. The Bertz CT molecular complexity index is 319. The van der Waals surface area contributed by atoms with E-state index < -0.39 is 0 Å². The summed E-state index contributed by atoms with van der Waals surface area (Å²) in [5.41, 5.74) is 0. The Morgan fingerprint density at radius 1 is 0.833 bits per heavy atom. The number of hydrogen-bond acceptors (Lipinski definition) is 2. The van der Waals surface area contributed by atoms with Crippen LogP contribution in [0.15, 0.2) is 0 Å². The third-order valence-electron chi connectivity index (χ3n) is 6.54. The number of nitrogens with zero attached hydrogens (tertiary/aromatic N) is 1. The van der Waals surface area contributed by atoms with Gasteiger partial charge in [-0.2, -0.15) is 0 Å². The average Bonchev–Trinajstić information content (AvgIpc) is 3.03. The van der Waals surface area contributed by atoms with Crippen LogP contribution in [-0.4, -0.2) is 34.2 Å². The molecule has 0 radical (unpaired) electrons. The highest BCUT2D eigenvalue weighted by Crippen LogP contribution is 2.39. The summed E-state index contributed by atoms with van der Waals surface area (Å²) in [7, 11) is 0. The molecule has 2 nitrogen and oxygen atoms in total. The predicted molar refractivity (Wildman–Crippen MR) is 104 cm³/mol. The highest BCUT2D eigenvalue weighted by molar-refractivity contribution is 4.97. The first-order chi connectivity index (χ1) is 11.8. The molecule has 2 fully saturated rings. The van der Waals surface area contributed by atoms with Crippen molar-refractivity contribution in [1.82, 2.24) is 4.90 Å². The monoisotopic (exact) mass is 337 g/mol. The van der Waals surface area contributed by atoms with Crippen molar-refractivity contribution in [3.63, 3.8) is 0 Å². The van der Waals surface area contributed by atoms with Gasteiger partial charge in [-0.05, 0) is 38.5 Å². The third-order valence-corrected chi connectivity index (χ3v) is 6.54. The van der Waals surface area contributed by atoms with Crippen molar-refractivity contribution < 1.29 is 5.11 Å². The number of piperidine rings is 1. The Morgan fingerprint density at radius 2 is 1.54 bits per heavy atom. The molecule has 2 aliphatic rings. The normalized spacial score (nSPS) is 28.9. The topological polar surface area (TPSA) is 23.5 Å². The lowest BCUT2D eigenvalue weighted by molar-refractivity contribution is 0.00246. The highest BCUT2D eigenvalue weighted by atomic mass is 16.3. The standard InChI is InChI=1S/C22H43NO/c1-3-5-7-9-10-13-19-14-12-15-20-17-18-21(23(19)20)22(24)16-11-8-6-4-2/h19-22,24H,3-18H2,1-2H3/t19-,20-,21-,22+/m0/s1. The summed E-state index contributed by atoms with van der Waals surface area (Å²) >= 11 is 0. The van der Waals surface area contributed by atoms with Gasteiger partial charge in [-0.1, -0.05) is 78.1 Å². The van der Waals surface area contributed by atoms with E-state index in [2.05, 4.69) is 18.7 Å². The minimum Gasteiger partial charge on any atom is -0.391 e. The summed E-state index contributed by atoms with van der Waals surface area (Å²) in [5.74, 6) is 0. The molecule has 0 aromatic heterocycles. The predicted octanol–water partition coefficient (Wildman–Crippen LogP) is 6.06. The smallest absolute Gasteiger partial charge is 0.0695 e. The van der Waals surface area contributed by atoms with Crippen LogP contribution in [-0.2, 0) is 0 Å². The zero-order valence-corrected chi connectivity index (χ0v) is 16.5. The second kappa shape index (κ2) is 11.5. The van der Waals surface area contributed by atoms with Crippen LogP contribution in [0.4, 0.5) is 0 Å². The first-order valence-electron chi connectivity index (χ1n) is 11.2. The lowest BCUT2D eigenvalue weighted by Gasteiger charge is -2.43. The molecule has 2 aliphatic heterocycles. The van der Waals surface area contributed by atoms with E-state index in [-0.39, 0.29) is 6.10 Å². The number of fused-ring (bicyclic) bond motifs is 1. The van der Waals surface area contributed by atoms with Gasteiger partial charge in [0.25, 0.3) is 0 Å². The quantitative estimate of drug-likeness (QED) is 0.437. The van der Waals surface area contributed by atoms with E-state index in [1.54, 1.807) is 0 Å². The largest absolute Gasteiger partial charge is 0.391 e. The molecule has 0 spiro atoms. The van der Waals surface area contributed by atoms with Crippen molar-refractivity contribution in [1.29, 1.82) is 0 Å². The van der Waals surface area contributed by atoms with Crippen molar-refractivity contribution in [2.75, 3.05) is 0 Å².